The fraction of sp³-hybridized carbons (Fsp3) is 0.733. The lowest BCUT2D eigenvalue weighted by Crippen LogP contribution is -2.48. The van der Waals surface area contributed by atoms with Crippen LogP contribution in [0.2, 0.25) is 0 Å². The van der Waals surface area contributed by atoms with Crippen molar-refractivity contribution in [3.8, 4) is 0 Å². The van der Waals surface area contributed by atoms with Crippen LogP contribution in [0, 0.1) is 12.8 Å². The molecule has 1 amide bonds. The average molecular weight is 277 g/mol. The van der Waals surface area contributed by atoms with E-state index >= 15 is 0 Å². The predicted molar refractivity (Wildman–Crippen MR) is 75.2 cm³/mol. The van der Waals surface area contributed by atoms with Crippen molar-refractivity contribution in [2.24, 2.45) is 5.92 Å². The normalized spacial score (nSPS) is 26.9. The first-order valence-electron chi connectivity index (χ1n) is 7.61. The fourth-order valence-electron chi connectivity index (χ4n) is 3.23. The Labute approximate surface area is 119 Å². The summed E-state index contributed by atoms with van der Waals surface area (Å²) in [7, 11) is 0. The van der Waals surface area contributed by atoms with Crippen molar-refractivity contribution in [1.82, 2.24) is 14.7 Å². The molecule has 2 aliphatic rings. The molecule has 5 heteroatoms. The monoisotopic (exact) mass is 277 g/mol. The number of ether oxygens (including phenoxy) is 1. The Kier molecular flexibility index (Phi) is 4.05. The molecular weight excluding hydrogens is 254 g/mol. The summed E-state index contributed by atoms with van der Waals surface area (Å²) in [6.07, 6.45) is 8.21. The summed E-state index contributed by atoms with van der Waals surface area (Å²) in [5, 5.41) is 4.36. The molecular formula is C15H23N3O2. The molecule has 1 aromatic heterocycles. The second-order valence-electron chi connectivity index (χ2n) is 5.98. The lowest BCUT2D eigenvalue weighted by molar-refractivity contribution is -0.139. The quantitative estimate of drug-likeness (QED) is 0.843. The fourth-order valence-corrected chi connectivity index (χ4v) is 3.23. The number of rotatable bonds is 3. The van der Waals surface area contributed by atoms with Crippen molar-refractivity contribution in [3.05, 3.63) is 18.0 Å². The minimum atomic E-state index is 0.0787. The average Bonchev–Trinajstić information content (AvgIpc) is 3.10. The van der Waals surface area contributed by atoms with E-state index in [4.69, 9.17) is 4.74 Å². The first-order chi connectivity index (χ1) is 9.74. The number of carbonyl (C=O) groups excluding carboxylic acids is 1. The highest BCUT2D eigenvalue weighted by Crippen LogP contribution is 2.24. The van der Waals surface area contributed by atoms with Crippen LogP contribution in [0.4, 0.5) is 0 Å². The second-order valence-corrected chi connectivity index (χ2v) is 5.98. The summed E-state index contributed by atoms with van der Waals surface area (Å²) in [6, 6.07) is 0.288. The molecule has 1 aromatic rings. The molecule has 0 spiro atoms. The lowest BCUT2D eigenvalue weighted by Gasteiger charge is -2.37. The number of amides is 1. The maximum absolute atomic E-state index is 12.6. The van der Waals surface area contributed by atoms with E-state index in [1.54, 1.807) is 0 Å². The molecule has 0 aromatic carbocycles. The van der Waals surface area contributed by atoms with Gasteiger partial charge < -0.3 is 9.64 Å². The van der Waals surface area contributed by atoms with Crippen molar-refractivity contribution in [3.63, 3.8) is 0 Å². The van der Waals surface area contributed by atoms with Gasteiger partial charge in [-0.25, -0.2) is 0 Å². The first kappa shape index (κ1) is 13.6. The third kappa shape index (κ3) is 2.87. The van der Waals surface area contributed by atoms with Crippen LogP contribution in [0.25, 0.3) is 0 Å². The van der Waals surface area contributed by atoms with E-state index in [9.17, 15) is 4.79 Å². The van der Waals surface area contributed by atoms with Gasteiger partial charge in [0.2, 0.25) is 5.91 Å². The third-order valence-corrected chi connectivity index (χ3v) is 4.35. The van der Waals surface area contributed by atoms with E-state index < -0.39 is 0 Å². The van der Waals surface area contributed by atoms with Crippen molar-refractivity contribution < 1.29 is 9.53 Å². The SMILES string of the molecule is Cc1cnn(C[C@H]2CCCCN2C(=O)[C@@H]2CCOC2)c1. The highest BCUT2D eigenvalue weighted by molar-refractivity contribution is 5.79. The molecule has 110 valence electrons. The van der Waals surface area contributed by atoms with Crippen LogP contribution in [0.5, 0.6) is 0 Å². The number of hydrogen-bond acceptors (Lipinski definition) is 3. The zero-order valence-corrected chi connectivity index (χ0v) is 12.1. The predicted octanol–water partition coefficient (Wildman–Crippen LogP) is 1.61. The minimum absolute atomic E-state index is 0.0787. The van der Waals surface area contributed by atoms with E-state index in [1.807, 2.05) is 17.8 Å². The Balaban J connectivity index is 1.68. The van der Waals surface area contributed by atoms with Crippen LogP contribution in [0.1, 0.15) is 31.2 Å². The van der Waals surface area contributed by atoms with Crippen LogP contribution in [-0.2, 0) is 16.1 Å². The van der Waals surface area contributed by atoms with Gasteiger partial charge >= 0.3 is 0 Å². The number of hydrogen-bond donors (Lipinski definition) is 0. The maximum Gasteiger partial charge on any atom is 0.228 e. The highest BCUT2D eigenvalue weighted by Gasteiger charge is 2.33. The van der Waals surface area contributed by atoms with Gasteiger partial charge in [-0.3, -0.25) is 9.48 Å². The van der Waals surface area contributed by atoms with E-state index in [1.165, 1.54) is 12.0 Å². The zero-order chi connectivity index (χ0) is 13.9. The van der Waals surface area contributed by atoms with Crippen molar-refractivity contribution >= 4 is 5.91 Å². The van der Waals surface area contributed by atoms with E-state index in [2.05, 4.69) is 16.2 Å². The molecule has 20 heavy (non-hydrogen) atoms. The van der Waals surface area contributed by atoms with Crippen LogP contribution in [0.15, 0.2) is 12.4 Å². The molecule has 3 heterocycles. The number of piperidine rings is 1. The molecule has 0 radical (unpaired) electrons. The van der Waals surface area contributed by atoms with Gasteiger partial charge in [-0.15, -0.1) is 0 Å². The third-order valence-electron chi connectivity index (χ3n) is 4.35. The maximum atomic E-state index is 12.6. The van der Waals surface area contributed by atoms with Crippen LogP contribution in [0.3, 0.4) is 0 Å². The Hall–Kier alpha value is -1.36. The van der Waals surface area contributed by atoms with Gasteiger partial charge in [-0.1, -0.05) is 0 Å². The van der Waals surface area contributed by atoms with E-state index in [-0.39, 0.29) is 17.9 Å². The lowest BCUT2D eigenvalue weighted by atomic mass is 9.98. The summed E-state index contributed by atoms with van der Waals surface area (Å²) in [4.78, 5) is 14.7. The Morgan fingerprint density at radius 1 is 1.45 bits per heavy atom. The molecule has 0 bridgehead atoms. The number of aryl methyl sites for hydroxylation is 1. The van der Waals surface area contributed by atoms with Crippen LogP contribution >= 0.6 is 0 Å². The van der Waals surface area contributed by atoms with Gasteiger partial charge in [0.05, 0.1) is 31.3 Å². The summed E-state index contributed by atoms with van der Waals surface area (Å²) >= 11 is 0. The molecule has 2 saturated heterocycles. The van der Waals surface area contributed by atoms with Gasteiger partial charge in [0, 0.05) is 19.3 Å². The van der Waals surface area contributed by atoms with E-state index in [0.29, 0.717) is 6.61 Å². The summed E-state index contributed by atoms with van der Waals surface area (Å²) in [6.45, 7) is 5.08. The van der Waals surface area contributed by atoms with E-state index in [0.717, 1.165) is 39.0 Å². The number of aromatic nitrogens is 2. The Morgan fingerprint density at radius 3 is 3.05 bits per heavy atom. The van der Waals surface area contributed by atoms with Crippen molar-refractivity contribution in [2.45, 2.75) is 45.2 Å². The standard InChI is InChI=1S/C15H23N3O2/c1-12-8-16-17(9-12)10-14-4-2-3-6-18(14)15(19)13-5-7-20-11-13/h8-9,13-14H,2-7,10-11H2,1H3/t13-,14-/m1/s1. The van der Waals surface area contributed by atoms with Gasteiger partial charge in [-0.05, 0) is 38.2 Å². The summed E-state index contributed by atoms with van der Waals surface area (Å²) in [5.41, 5.74) is 1.17. The molecule has 0 saturated carbocycles. The Bertz CT molecular complexity index is 465. The van der Waals surface area contributed by atoms with Gasteiger partial charge in [-0.2, -0.15) is 5.10 Å². The molecule has 3 rings (SSSR count). The summed E-state index contributed by atoms with van der Waals surface area (Å²) < 4.78 is 7.33. The van der Waals surface area contributed by atoms with Crippen LogP contribution < -0.4 is 0 Å². The molecule has 0 aliphatic carbocycles. The smallest absolute Gasteiger partial charge is 0.228 e. The van der Waals surface area contributed by atoms with Gasteiger partial charge in [0.1, 0.15) is 0 Å². The summed E-state index contributed by atoms with van der Waals surface area (Å²) in [5.74, 6) is 0.367. The second kappa shape index (κ2) is 5.95. The zero-order valence-electron chi connectivity index (χ0n) is 12.1. The number of likely N-dealkylation sites (tertiary alicyclic amines) is 1. The number of nitrogens with zero attached hydrogens (tertiary/aromatic N) is 3. The van der Waals surface area contributed by atoms with Gasteiger partial charge in [0.15, 0.2) is 0 Å². The molecule has 0 N–H and O–H groups in total. The van der Waals surface area contributed by atoms with Crippen LogP contribution in [-0.4, -0.2) is 46.4 Å². The first-order valence-corrected chi connectivity index (χ1v) is 7.61. The molecule has 0 unspecified atom stereocenters. The Morgan fingerprint density at radius 2 is 2.35 bits per heavy atom. The highest BCUT2D eigenvalue weighted by atomic mass is 16.5. The van der Waals surface area contributed by atoms with Crippen molar-refractivity contribution in [1.29, 1.82) is 0 Å². The molecule has 5 nitrogen and oxygen atoms in total. The van der Waals surface area contributed by atoms with Gasteiger partial charge in [0.25, 0.3) is 0 Å². The number of carbonyl (C=O) groups is 1. The van der Waals surface area contributed by atoms with Crippen molar-refractivity contribution in [2.75, 3.05) is 19.8 Å². The topological polar surface area (TPSA) is 47.4 Å². The minimum Gasteiger partial charge on any atom is -0.381 e. The molecule has 2 aliphatic heterocycles. The molecule has 2 fully saturated rings. The largest absolute Gasteiger partial charge is 0.381 e. The molecule has 2 atom stereocenters.